The molecule has 1 atom stereocenters. The molecule has 1 saturated heterocycles. The second-order valence-corrected chi connectivity index (χ2v) is 7.51. The van der Waals surface area contributed by atoms with E-state index >= 15 is 0 Å². The van der Waals surface area contributed by atoms with E-state index in [2.05, 4.69) is 10.0 Å². The molecule has 126 valence electrons. The predicted molar refractivity (Wildman–Crippen MR) is 91.0 cm³/mol. The fourth-order valence-corrected chi connectivity index (χ4v) is 4.20. The third-order valence-corrected chi connectivity index (χ3v) is 5.72. The highest BCUT2D eigenvalue weighted by Crippen LogP contribution is 2.33. The molecule has 1 aliphatic heterocycles. The minimum atomic E-state index is -3.67. The number of sulfonamides is 1. The van der Waals surface area contributed by atoms with E-state index in [-0.39, 0.29) is 27.3 Å². The van der Waals surface area contributed by atoms with E-state index in [1.807, 2.05) is 0 Å². The molecule has 1 heterocycles. The van der Waals surface area contributed by atoms with Crippen LogP contribution in [-0.4, -0.2) is 35.2 Å². The van der Waals surface area contributed by atoms with Crippen LogP contribution in [0.15, 0.2) is 17.0 Å². The van der Waals surface area contributed by atoms with Crippen LogP contribution in [0.5, 0.6) is 5.75 Å². The van der Waals surface area contributed by atoms with Gasteiger partial charge in [0.15, 0.2) is 0 Å². The van der Waals surface area contributed by atoms with Gasteiger partial charge in [-0.1, -0.05) is 23.2 Å². The first-order valence-corrected chi connectivity index (χ1v) is 8.91. The zero-order chi connectivity index (χ0) is 15.5. The van der Waals surface area contributed by atoms with Crippen molar-refractivity contribution in [3.05, 3.63) is 22.2 Å². The molecule has 0 saturated carbocycles. The molecule has 1 aromatic carbocycles. The van der Waals surface area contributed by atoms with E-state index in [1.54, 1.807) is 0 Å². The highest BCUT2D eigenvalue weighted by molar-refractivity contribution is 7.89. The summed E-state index contributed by atoms with van der Waals surface area (Å²) in [6, 6.07) is 2.71. The summed E-state index contributed by atoms with van der Waals surface area (Å²) < 4.78 is 32.1. The minimum Gasteiger partial charge on any atom is -0.495 e. The van der Waals surface area contributed by atoms with Gasteiger partial charge in [-0.15, -0.1) is 12.4 Å². The monoisotopic (exact) mass is 388 g/mol. The van der Waals surface area contributed by atoms with E-state index in [0.717, 1.165) is 25.9 Å². The lowest BCUT2D eigenvalue weighted by Crippen LogP contribution is -2.27. The summed E-state index contributed by atoms with van der Waals surface area (Å²) in [6.45, 7) is 2.32. The molecule has 22 heavy (non-hydrogen) atoms. The third kappa shape index (κ3) is 4.88. The zero-order valence-electron chi connectivity index (χ0n) is 12.1. The minimum absolute atomic E-state index is 0. The quantitative estimate of drug-likeness (QED) is 0.785. The second kappa shape index (κ2) is 8.57. The second-order valence-electron chi connectivity index (χ2n) is 4.96. The number of hydrogen-bond donors (Lipinski definition) is 2. The Bertz CT molecular complexity index is 605. The first-order valence-electron chi connectivity index (χ1n) is 6.67. The Morgan fingerprint density at radius 1 is 1.36 bits per heavy atom. The van der Waals surface area contributed by atoms with Crippen molar-refractivity contribution in [2.45, 2.75) is 17.7 Å². The maximum absolute atomic E-state index is 12.3. The standard InChI is InChI=1S/C13H18Cl2N2O3S.ClH/c1-20-12-6-11(15)13(7-10(12)14)21(18,19)17-5-3-9-2-4-16-8-9;/h6-7,9,16-17H,2-5,8H2,1H3;1H. The summed E-state index contributed by atoms with van der Waals surface area (Å²) in [5.74, 6) is 0.861. The van der Waals surface area contributed by atoms with Gasteiger partial charge in [-0.2, -0.15) is 0 Å². The largest absolute Gasteiger partial charge is 0.495 e. The number of nitrogens with one attached hydrogen (secondary N) is 2. The summed E-state index contributed by atoms with van der Waals surface area (Å²) in [7, 11) is -2.23. The molecule has 9 heteroatoms. The topological polar surface area (TPSA) is 67.4 Å². The van der Waals surface area contributed by atoms with Gasteiger partial charge in [-0.05, 0) is 37.9 Å². The molecule has 5 nitrogen and oxygen atoms in total. The average Bonchev–Trinajstić information content (AvgIpc) is 2.93. The maximum atomic E-state index is 12.3. The van der Waals surface area contributed by atoms with Gasteiger partial charge < -0.3 is 10.1 Å². The number of ether oxygens (including phenoxy) is 1. The van der Waals surface area contributed by atoms with Gasteiger partial charge in [-0.3, -0.25) is 0 Å². The lowest BCUT2D eigenvalue weighted by Gasteiger charge is -2.12. The van der Waals surface area contributed by atoms with Crippen LogP contribution in [0.4, 0.5) is 0 Å². The Morgan fingerprint density at radius 2 is 2.09 bits per heavy atom. The van der Waals surface area contributed by atoms with Crippen molar-refractivity contribution in [1.29, 1.82) is 0 Å². The summed E-state index contributed by atoms with van der Waals surface area (Å²) in [5, 5.41) is 3.55. The van der Waals surface area contributed by atoms with E-state index in [0.29, 0.717) is 18.2 Å². The molecule has 1 fully saturated rings. The lowest BCUT2D eigenvalue weighted by atomic mass is 10.1. The Balaban J connectivity index is 0.00000242. The highest BCUT2D eigenvalue weighted by Gasteiger charge is 2.21. The van der Waals surface area contributed by atoms with Gasteiger partial charge >= 0.3 is 0 Å². The van der Waals surface area contributed by atoms with Crippen LogP contribution in [0.2, 0.25) is 10.0 Å². The maximum Gasteiger partial charge on any atom is 0.242 e. The molecule has 1 unspecified atom stereocenters. The van der Waals surface area contributed by atoms with Crippen LogP contribution >= 0.6 is 35.6 Å². The summed E-state index contributed by atoms with van der Waals surface area (Å²) in [6.07, 6.45) is 1.88. The number of rotatable bonds is 6. The fourth-order valence-electron chi connectivity index (χ4n) is 2.31. The van der Waals surface area contributed by atoms with Crippen molar-refractivity contribution in [3.8, 4) is 5.75 Å². The van der Waals surface area contributed by atoms with Gasteiger partial charge in [0, 0.05) is 12.6 Å². The number of hydrogen-bond acceptors (Lipinski definition) is 4. The van der Waals surface area contributed by atoms with E-state index < -0.39 is 10.0 Å². The molecule has 2 N–H and O–H groups in total. The van der Waals surface area contributed by atoms with Crippen LogP contribution < -0.4 is 14.8 Å². The van der Waals surface area contributed by atoms with E-state index in [1.165, 1.54) is 19.2 Å². The van der Waals surface area contributed by atoms with Crippen molar-refractivity contribution in [1.82, 2.24) is 10.0 Å². The van der Waals surface area contributed by atoms with E-state index in [9.17, 15) is 8.42 Å². The number of methoxy groups -OCH3 is 1. The van der Waals surface area contributed by atoms with Gasteiger partial charge in [0.25, 0.3) is 0 Å². The molecule has 0 spiro atoms. The molecule has 0 aliphatic carbocycles. The Labute approximate surface area is 147 Å². The summed E-state index contributed by atoms with van der Waals surface area (Å²) >= 11 is 12.0. The molecular formula is C13H19Cl3N2O3S. The molecule has 0 aromatic heterocycles. The van der Waals surface area contributed by atoms with Crippen LogP contribution in [0.25, 0.3) is 0 Å². The van der Waals surface area contributed by atoms with Crippen molar-refractivity contribution in [2.24, 2.45) is 5.92 Å². The van der Waals surface area contributed by atoms with Crippen LogP contribution in [0.1, 0.15) is 12.8 Å². The summed E-state index contributed by atoms with van der Waals surface area (Å²) in [5.41, 5.74) is 0. The number of benzene rings is 1. The predicted octanol–water partition coefficient (Wildman–Crippen LogP) is 2.70. The van der Waals surface area contributed by atoms with Gasteiger partial charge in [0.1, 0.15) is 10.6 Å². The van der Waals surface area contributed by atoms with Crippen molar-refractivity contribution in [2.75, 3.05) is 26.7 Å². The average molecular weight is 390 g/mol. The zero-order valence-corrected chi connectivity index (χ0v) is 15.2. The van der Waals surface area contributed by atoms with E-state index in [4.69, 9.17) is 27.9 Å². The van der Waals surface area contributed by atoms with Crippen molar-refractivity contribution >= 4 is 45.6 Å². The summed E-state index contributed by atoms with van der Waals surface area (Å²) in [4.78, 5) is -0.0282. The normalized spacial score (nSPS) is 18.0. The molecule has 0 bridgehead atoms. The molecule has 0 amide bonds. The van der Waals surface area contributed by atoms with Crippen LogP contribution in [0.3, 0.4) is 0 Å². The first-order chi connectivity index (χ1) is 9.94. The lowest BCUT2D eigenvalue weighted by molar-refractivity contribution is 0.414. The van der Waals surface area contributed by atoms with Crippen LogP contribution in [0, 0.1) is 5.92 Å². The van der Waals surface area contributed by atoms with Crippen molar-refractivity contribution < 1.29 is 13.2 Å². The SMILES string of the molecule is COc1cc(Cl)c(S(=O)(=O)NCCC2CCNC2)cc1Cl.Cl. The Morgan fingerprint density at radius 3 is 2.68 bits per heavy atom. The molecule has 0 radical (unpaired) electrons. The molecular weight excluding hydrogens is 371 g/mol. The van der Waals surface area contributed by atoms with Gasteiger partial charge in [-0.25, -0.2) is 13.1 Å². The Hall–Kier alpha value is -0.240. The molecule has 1 aromatic rings. The molecule has 1 aliphatic rings. The third-order valence-electron chi connectivity index (χ3n) is 3.50. The Kier molecular flexibility index (Phi) is 7.71. The van der Waals surface area contributed by atoms with Crippen molar-refractivity contribution in [3.63, 3.8) is 0 Å². The highest BCUT2D eigenvalue weighted by atomic mass is 35.5. The first kappa shape index (κ1) is 19.8. The van der Waals surface area contributed by atoms with Gasteiger partial charge in [0.2, 0.25) is 10.0 Å². The van der Waals surface area contributed by atoms with Gasteiger partial charge in [0.05, 0.1) is 17.2 Å². The van der Waals surface area contributed by atoms with Crippen LogP contribution in [-0.2, 0) is 10.0 Å². The smallest absolute Gasteiger partial charge is 0.242 e. The number of halogens is 3. The molecule has 2 rings (SSSR count). The fraction of sp³-hybridized carbons (Fsp3) is 0.538.